The number of aromatic nitrogens is 3. The van der Waals surface area contributed by atoms with Crippen molar-refractivity contribution in [1.29, 1.82) is 0 Å². The van der Waals surface area contributed by atoms with E-state index in [1.807, 2.05) is 67.2 Å². The molecule has 7 nitrogen and oxygen atoms in total. The van der Waals surface area contributed by atoms with Crippen LogP contribution in [0.4, 0.5) is 0 Å². The molecule has 2 aromatic heterocycles. The Bertz CT molecular complexity index is 972. The van der Waals surface area contributed by atoms with Crippen LogP contribution in [0.3, 0.4) is 0 Å². The summed E-state index contributed by atoms with van der Waals surface area (Å²) < 4.78 is 18.7. The zero-order valence-corrected chi connectivity index (χ0v) is 17.0. The summed E-state index contributed by atoms with van der Waals surface area (Å²) in [5.41, 5.74) is 0. The molecule has 0 atom stereocenters. The number of nitrogens with zero attached hydrogens (tertiary/aromatic N) is 3. The van der Waals surface area contributed by atoms with Gasteiger partial charge in [0.15, 0.2) is 0 Å². The van der Waals surface area contributed by atoms with Crippen molar-refractivity contribution in [2.45, 2.75) is 13.6 Å². The van der Waals surface area contributed by atoms with Crippen molar-refractivity contribution in [1.82, 2.24) is 19.7 Å². The van der Waals surface area contributed by atoms with Crippen LogP contribution in [0.5, 0.6) is 11.5 Å². The van der Waals surface area contributed by atoms with E-state index in [0.29, 0.717) is 23.9 Å². The van der Waals surface area contributed by atoms with Crippen LogP contribution in [0, 0.1) is 11.7 Å². The molecule has 2 heterocycles. The lowest BCUT2D eigenvalue weighted by atomic mass is 10.3. The Morgan fingerprint density at radius 1 is 1.18 bits per heavy atom. The minimum atomic E-state index is 0.498. The van der Waals surface area contributed by atoms with Gasteiger partial charge < -0.3 is 13.9 Å². The number of methoxy groups -OCH3 is 1. The number of likely N-dealkylation sites (N-methyl/N-ethyl adjacent to an activating group) is 1. The molecule has 0 saturated heterocycles. The third-order valence-corrected chi connectivity index (χ3v) is 4.36. The van der Waals surface area contributed by atoms with Crippen LogP contribution < -0.4 is 9.47 Å². The molecule has 0 fully saturated rings. The molecule has 3 rings (SSSR count). The van der Waals surface area contributed by atoms with Gasteiger partial charge in [-0.25, -0.2) is 4.68 Å². The molecule has 0 radical (unpaired) electrons. The van der Waals surface area contributed by atoms with Gasteiger partial charge in [0.05, 0.1) is 13.8 Å². The first-order valence-corrected chi connectivity index (χ1v) is 9.31. The molecule has 8 heteroatoms. The monoisotopic (exact) mass is 400 g/mol. The standard InChI is InChI=1S/C20H24N4O3S/c1-15-4-5-18(27-15)10-11-19-21-20(28)24(22-19)14-23(2)12-13-26-17-8-6-16(25-3)7-9-17/h4-11H,12-14H2,1-3H3,(H,21,22,28)/b11-10+. The summed E-state index contributed by atoms with van der Waals surface area (Å²) in [6, 6.07) is 11.4. The van der Waals surface area contributed by atoms with E-state index in [-0.39, 0.29) is 0 Å². The maximum Gasteiger partial charge on any atom is 0.217 e. The number of hydrogen-bond donors (Lipinski definition) is 1. The highest BCUT2D eigenvalue weighted by Gasteiger charge is 2.05. The number of nitrogens with one attached hydrogen (secondary N) is 1. The van der Waals surface area contributed by atoms with E-state index < -0.39 is 0 Å². The number of ether oxygens (including phenoxy) is 2. The number of aromatic amines is 1. The van der Waals surface area contributed by atoms with Crippen molar-refractivity contribution in [2.75, 3.05) is 27.3 Å². The molecule has 0 amide bonds. The van der Waals surface area contributed by atoms with E-state index >= 15 is 0 Å². The van der Waals surface area contributed by atoms with E-state index in [2.05, 4.69) is 15.0 Å². The molecule has 0 unspecified atom stereocenters. The lowest BCUT2D eigenvalue weighted by Crippen LogP contribution is -2.27. The van der Waals surface area contributed by atoms with Crippen LogP contribution in [0.25, 0.3) is 12.2 Å². The first-order chi connectivity index (χ1) is 13.5. The first kappa shape index (κ1) is 19.9. The molecule has 0 spiro atoms. The summed E-state index contributed by atoms with van der Waals surface area (Å²) >= 11 is 5.33. The third-order valence-electron chi connectivity index (χ3n) is 4.05. The fourth-order valence-electron chi connectivity index (χ4n) is 2.55. The molecule has 3 aromatic rings. The van der Waals surface area contributed by atoms with Gasteiger partial charge in [-0.15, -0.1) is 0 Å². The van der Waals surface area contributed by atoms with E-state index in [1.165, 1.54) is 0 Å². The summed E-state index contributed by atoms with van der Waals surface area (Å²) in [5, 5.41) is 3.19. The molecule has 1 aromatic carbocycles. The smallest absolute Gasteiger partial charge is 0.217 e. The molecule has 28 heavy (non-hydrogen) atoms. The van der Waals surface area contributed by atoms with Gasteiger partial charge in [-0.1, -0.05) is 0 Å². The van der Waals surface area contributed by atoms with Crippen molar-refractivity contribution in [3.63, 3.8) is 0 Å². The van der Waals surface area contributed by atoms with Gasteiger partial charge in [-0.3, -0.25) is 10.00 Å². The zero-order chi connectivity index (χ0) is 19.9. The average molecular weight is 401 g/mol. The fraction of sp³-hybridized carbons (Fsp3) is 0.300. The molecular weight excluding hydrogens is 376 g/mol. The molecule has 148 valence electrons. The summed E-state index contributed by atoms with van der Waals surface area (Å²) in [6.07, 6.45) is 3.70. The Hall–Kier alpha value is -2.84. The first-order valence-electron chi connectivity index (χ1n) is 8.90. The van der Waals surface area contributed by atoms with Crippen LogP contribution in [-0.2, 0) is 6.67 Å². The van der Waals surface area contributed by atoms with Gasteiger partial charge in [-0.2, -0.15) is 4.98 Å². The Kier molecular flexibility index (Phi) is 6.67. The van der Waals surface area contributed by atoms with Crippen molar-refractivity contribution in [3.05, 3.63) is 58.5 Å². The highest BCUT2D eigenvalue weighted by molar-refractivity contribution is 7.71. The number of rotatable bonds is 9. The Labute approximate surface area is 169 Å². The predicted molar refractivity (Wildman–Crippen MR) is 111 cm³/mol. The number of hydrogen-bond acceptors (Lipinski definition) is 6. The lowest BCUT2D eigenvalue weighted by molar-refractivity contribution is 0.198. The molecule has 1 N–H and O–H groups in total. The number of H-pyrrole nitrogens is 1. The highest BCUT2D eigenvalue weighted by Crippen LogP contribution is 2.16. The number of aryl methyl sites for hydroxylation is 1. The predicted octanol–water partition coefficient (Wildman–Crippen LogP) is 3.99. The van der Waals surface area contributed by atoms with Crippen molar-refractivity contribution in [2.24, 2.45) is 0 Å². The van der Waals surface area contributed by atoms with Crippen molar-refractivity contribution >= 4 is 24.4 Å². The van der Waals surface area contributed by atoms with Crippen LogP contribution >= 0.6 is 12.2 Å². The average Bonchev–Trinajstić information content (AvgIpc) is 3.26. The van der Waals surface area contributed by atoms with Crippen LogP contribution in [0.15, 0.2) is 40.8 Å². The summed E-state index contributed by atoms with van der Waals surface area (Å²) in [4.78, 5) is 6.45. The lowest BCUT2D eigenvalue weighted by Gasteiger charge is -2.17. The number of furan rings is 1. The van der Waals surface area contributed by atoms with E-state index in [4.69, 9.17) is 26.1 Å². The van der Waals surface area contributed by atoms with Gasteiger partial charge in [0.2, 0.25) is 4.77 Å². The van der Waals surface area contributed by atoms with Gasteiger partial charge in [0.25, 0.3) is 0 Å². The van der Waals surface area contributed by atoms with Gasteiger partial charge in [0, 0.05) is 6.54 Å². The second kappa shape index (κ2) is 9.38. The second-order valence-electron chi connectivity index (χ2n) is 6.35. The van der Waals surface area contributed by atoms with Gasteiger partial charge in [-0.05, 0) is 74.7 Å². The SMILES string of the molecule is COc1ccc(OCCN(C)Cn2[nH]c(/C=C/c3ccc(C)o3)nc2=S)cc1. The topological polar surface area (TPSA) is 68.5 Å². The van der Waals surface area contributed by atoms with Crippen LogP contribution in [-0.4, -0.2) is 47.0 Å². The van der Waals surface area contributed by atoms with Gasteiger partial charge in [0.1, 0.15) is 35.5 Å². The highest BCUT2D eigenvalue weighted by atomic mass is 32.1. The molecule has 0 aliphatic carbocycles. The quantitative estimate of drug-likeness (QED) is 0.548. The van der Waals surface area contributed by atoms with Crippen molar-refractivity contribution in [3.8, 4) is 11.5 Å². The van der Waals surface area contributed by atoms with E-state index in [9.17, 15) is 0 Å². The third kappa shape index (κ3) is 5.58. The maximum atomic E-state index is 5.76. The molecule has 0 aliphatic heterocycles. The summed E-state index contributed by atoms with van der Waals surface area (Å²) in [5.74, 6) is 3.95. The summed E-state index contributed by atoms with van der Waals surface area (Å²) in [7, 11) is 3.64. The summed E-state index contributed by atoms with van der Waals surface area (Å²) in [6.45, 7) is 3.80. The Morgan fingerprint density at radius 2 is 1.93 bits per heavy atom. The van der Waals surface area contributed by atoms with Gasteiger partial charge >= 0.3 is 0 Å². The van der Waals surface area contributed by atoms with Crippen molar-refractivity contribution < 1.29 is 13.9 Å². The molecule has 0 aliphatic rings. The normalized spacial score (nSPS) is 11.4. The Balaban J connectivity index is 1.49. The minimum absolute atomic E-state index is 0.498. The second-order valence-corrected chi connectivity index (χ2v) is 6.71. The number of benzene rings is 1. The largest absolute Gasteiger partial charge is 0.497 e. The van der Waals surface area contributed by atoms with E-state index in [1.54, 1.807) is 7.11 Å². The van der Waals surface area contributed by atoms with Crippen LogP contribution in [0.2, 0.25) is 0 Å². The molecular formula is C20H24N4O3S. The minimum Gasteiger partial charge on any atom is -0.497 e. The van der Waals surface area contributed by atoms with Crippen LogP contribution in [0.1, 0.15) is 17.3 Å². The fourth-order valence-corrected chi connectivity index (χ4v) is 2.75. The molecule has 0 bridgehead atoms. The zero-order valence-electron chi connectivity index (χ0n) is 16.2. The maximum absolute atomic E-state index is 5.76. The van der Waals surface area contributed by atoms with E-state index in [0.717, 1.165) is 29.6 Å². The Morgan fingerprint density at radius 3 is 2.61 bits per heavy atom. The molecule has 0 saturated carbocycles.